The smallest absolute Gasteiger partial charge is 0.352 e. The topological polar surface area (TPSA) is 110 Å². The molecule has 1 aromatic rings. The van der Waals surface area contributed by atoms with E-state index >= 15 is 0 Å². The Morgan fingerprint density at radius 2 is 1.95 bits per heavy atom. The van der Waals surface area contributed by atoms with Gasteiger partial charge in [-0.3, -0.25) is 0 Å². The number of halogens is 1. The van der Waals surface area contributed by atoms with Gasteiger partial charge in [-0.2, -0.15) is 5.26 Å². The van der Waals surface area contributed by atoms with Crippen molar-refractivity contribution < 1.29 is 19.8 Å². The van der Waals surface area contributed by atoms with E-state index in [-0.39, 0.29) is 16.8 Å². The van der Waals surface area contributed by atoms with Gasteiger partial charge in [-0.1, -0.05) is 15.9 Å². The fourth-order valence-corrected chi connectivity index (χ4v) is 1.63. The van der Waals surface area contributed by atoms with E-state index in [1.807, 2.05) is 6.07 Å². The monoisotopic (exact) mass is 324 g/mol. The Kier molecular flexibility index (Phi) is 4.67. The van der Waals surface area contributed by atoms with Gasteiger partial charge in [0.05, 0.1) is 16.8 Å². The quantitative estimate of drug-likeness (QED) is 0.732. The molecule has 1 aromatic carbocycles. The first kappa shape index (κ1) is 14.7. The summed E-state index contributed by atoms with van der Waals surface area (Å²) in [5.41, 5.74) is -0.402. The number of carbonyl (C=O) groups is 2. The third kappa shape index (κ3) is 3.56. The molecule has 7 heteroatoms. The lowest BCUT2D eigenvalue weighted by atomic mass is 10.1. The Morgan fingerprint density at radius 3 is 2.42 bits per heavy atom. The second-order valence-corrected chi connectivity index (χ2v) is 4.45. The SMILES string of the molecule is CC(C(=O)O)=C(Nc1ccc(Br)cc1C#N)C(=O)O. The molecule has 98 valence electrons. The van der Waals surface area contributed by atoms with Gasteiger partial charge < -0.3 is 15.5 Å². The Labute approximate surface area is 117 Å². The zero-order valence-electron chi connectivity index (χ0n) is 9.77. The minimum Gasteiger partial charge on any atom is -0.478 e. The van der Waals surface area contributed by atoms with Gasteiger partial charge in [-0.05, 0) is 25.1 Å². The highest BCUT2D eigenvalue weighted by molar-refractivity contribution is 9.10. The summed E-state index contributed by atoms with van der Waals surface area (Å²) in [7, 11) is 0. The van der Waals surface area contributed by atoms with Crippen molar-refractivity contribution >= 4 is 33.6 Å². The zero-order chi connectivity index (χ0) is 14.6. The van der Waals surface area contributed by atoms with Crippen LogP contribution in [0.15, 0.2) is 33.9 Å². The summed E-state index contributed by atoms with van der Waals surface area (Å²) in [6.45, 7) is 1.17. The molecule has 0 heterocycles. The summed E-state index contributed by atoms with van der Waals surface area (Å²) in [6, 6.07) is 6.49. The second-order valence-electron chi connectivity index (χ2n) is 3.54. The maximum absolute atomic E-state index is 11.0. The van der Waals surface area contributed by atoms with Crippen LogP contribution in [0.2, 0.25) is 0 Å². The van der Waals surface area contributed by atoms with Crippen LogP contribution in [0.5, 0.6) is 0 Å². The number of carboxylic acids is 2. The molecule has 19 heavy (non-hydrogen) atoms. The number of nitrogens with zero attached hydrogens (tertiary/aromatic N) is 1. The number of nitrogens with one attached hydrogen (secondary N) is 1. The van der Waals surface area contributed by atoms with Gasteiger partial charge in [-0.25, -0.2) is 9.59 Å². The van der Waals surface area contributed by atoms with Crippen LogP contribution in [-0.4, -0.2) is 22.2 Å². The first-order valence-corrected chi connectivity index (χ1v) is 5.80. The van der Waals surface area contributed by atoms with Crippen LogP contribution in [0.1, 0.15) is 12.5 Å². The molecule has 6 nitrogen and oxygen atoms in total. The van der Waals surface area contributed by atoms with E-state index < -0.39 is 17.6 Å². The molecule has 0 spiro atoms. The average Bonchev–Trinajstić information content (AvgIpc) is 2.35. The Bertz CT molecular complexity index is 617. The van der Waals surface area contributed by atoms with Crippen molar-refractivity contribution in [3.8, 4) is 6.07 Å². The molecular formula is C12H9BrN2O4. The van der Waals surface area contributed by atoms with Gasteiger partial charge in [0.15, 0.2) is 0 Å². The molecule has 0 radical (unpaired) electrons. The van der Waals surface area contributed by atoms with E-state index in [1.165, 1.54) is 19.1 Å². The highest BCUT2D eigenvalue weighted by Crippen LogP contribution is 2.22. The second kappa shape index (κ2) is 6.02. The molecular weight excluding hydrogens is 316 g/mol. The number of benzene rings is 1. The highest BCUT2D eigenvalue weighted by atomic mass is 79.9. The van der Waals surface area contributed by atoms with Crippen molar-refractivity contribution in [2.45, 2.75) is 6.92 Å². The predicted molar refractivity (Wildman–Crippen MR) is 70.5 cm³/mol. The minimum absolute atomic E-state index is 0.200. The summed E-state index contributed by atoms with van der Waals surface area (Å²) in [5, 5.41) is 29.2. The number of aliphatic carboxylic acids is 2. The number of nitriles is 1. The molecule has 0 aromatic heterocycles. The third-order valence-electron chi connectivity index (χ3n) is 2.27. The largest absolute Gasteiger partial charge is 0.478 e. The van der Waals surface area contributed by atoms with Crippen LogP contribution in [0.4, 0.5) is 5.69 Å². The first-order chi connectivity index (χ1) is 8.86. The third-order valence-corrected chi connectivity index (χ3v) is 2.76. The lowest BCUT2D eigenvalue weighted by molar-refractivity contribution is -0.135. The first-order valence-electron chi connectivity index (χ1n) is 5.01. The predicted octanol–water partition coefficient (Wildman–Crippen LogP) is 2.18. The molecule has 0 saturated carbocycles. The molecule has 0 atom stereocenters. The lowest BCUT2D eigenvalue weighted by Gasteiger charge is -2.10. The standard InChI is InChI=1S/C12H9BrN2O4/c1-6(11(16)17)10(12(18)19)15-9-3-2-8(13)4-7(9)5-14/h2-4,15H,1H3,(H,16,17)(H,18,19). The highest BCUT2D eigenvalue weighted by Gasteiger charge is 2.17. The van der Waals surface area contributed by atoms with Crippen molar-refractivity contribution in [2.75, 3.05) is 5.32 Å². The van der Waals surface area contributed by atoms with Crippen LogP contribution < -0.4 is 5.32 Å². The molecule has 0 unspecified atom stereocenters. The summed E-state index contributed by atoms with van der Waals surface area (Å²) in [6.07, 6.45) is 0. The molecule has 3 N–H and O–H groups in total. The van der Waals surface area contributed by atoms with Gasteiger partial charge in [0.25, 0.3) is 0 Å². The van der Waals surface area contributed by atoms with Crippen molar-refractivity contribution in [3.05, 3.63) is 39.5 Å². The molecule has 0 saturated heterocycles. The van der Waals surface area contributed by atoms with Gasteiger partial charge in [0.1, 0.15) is 11.8 Å². The van der Waals surface area contributed by atoms with Gasteiger partial charge in [-0.15, -0.1) is 0 Å². The normalized spacial score (nSPS) is 11.2. The molecule has 0 aliphatic heterocycles. The van der Waals surface area contributed by atoms with Crippen LogP contribution in [0, 0.1) is 11.3 Å². The van der Waals surface area contributed by atoms with Gasteiger partial charge in [0.2, 0.25) is 0 Å². The fourth-order valence-electron chi connectivity index (χ4n) is 1.27. The van der Waals surface area contributed by atoms with Gasteiger partial charge >= 0.3 is 11.9 Å². The summed E-state index contributed by atoms with van der Waals surface area (Å²) in [4.78, 5) is 21.9. The number of carboxylic acid groups (broad SMARTS) is 2. The van der Waals surface area contributed by atoms with Crippen LogP contribution in [0.25, 0.3) is 0 Å². The number of hydrogen-bond donors (Lipinski definition) is 3. The average molecular weight is 325 g/mol. The molecule has 0 aliphatic carbocycles. The summed E-state index contributed by atoms with van der Waals surface area (Å²) in [5.74, 6) is -2.76. The number of hydrogen-bond acceptors (Lipinski definition) is 4. The molecule has 0 amide bonds. The molecule has 1 rings (SSSR count). The molecule has 0 fully saturated rings. The summed E-state index contributed by atoms with van der Waals surface area (Å²) < 4.78 is 0.658. The zero-order valence-corrected chi connectivity index (χ0v) is 11.4. The lowest BCUT2D eigenvalue weighted by Crippen LogP contribution is -2.17. The van der Waals surface area contributed by atoms with E-state index in [9.17, 15) is 9.59 Å². The van der Waals surface area contributed by atoms with E-state index in [1.54, 1.807) is 6.07 Å². The maximum Gasteiger partial charge on any atom is 0.352 e. The Balaban J connectivity index is 3.27. The maximum atomic E-state index is 11.0. The minimum atomic E-state index is -1.41. The van der Waals surface area contributed by atoms with E-state index in [0.29, 0.717) is 4.47 Å². The van der Waals surface area contributed by atoms with Crippen molar-refractivity contribution in [1.82, 2.24) is 0 Å². The van der Waals surface area contributed by atoms with Crippen molar-refractivity contribution in [3.63, 3.8) is 0 Å². The number of rotatable bonds is 4. The van der Waals surface area contributed by atoms with E-state index in [4.69, 9.17) is 15.5 Å². The van der Waals surface area contributed by atoms with Crippen molar-refractivity contribution in [2.24, 2.45) is 0 Å². The van der Waals surface area contributed by atoms with E-state index in [2.05, 4.69) is 21.2 Å². The van der Waals surface area contributed by atoms with Gasteiger partial charge in [0, 0.05) is 4.47 Å². The van der Waals surface area contributed by atoms with Crippen LogP contribution in [0.3, 0.4) is 0 Å². The number of anilines is 1. The molecule has 0 aliphatic rings. The summed E-state index contributed by atoms with van der Waals surface area (Å²) >= 11 is 3.18. The fraction of sp³-hybridized carbons (Fsp3) is 0.0833. The Hall–Kier alpha value is -2.33. The van der Waals surface area contributed by atoms with E-state index in [0.717, 1.165) is 0 Å². The Morgan fingerprint density at radius 1 is 1.32 bits per heavy atom. The van der Waals surface area contributed by atoms with Crippen LogP contribution >= 0.6 is 15.9 Å². The molecule has 0 bridgehead atoms. The van der Waals surface area contributed by atoms with Crippen LogP contribution in [-0.2, 0) is 9.59 Å². The van der Waals surface area contributed by atoms with Crippen molar-refractivity contribution in [1.29, 1.82) is 5.26 Å².